The van der Waals surface area contributed by atoms with Gasteiger partial charge >= 0.3 is 0 Å². The highest BCUT2D eigenvalue weighted by Gasteiger charge is 2.45. The maximum Gasteiger partial charge on any atom is 0.175 e. The Hall–Kier alpha value is -1.86. The van der Waals surface area contributed by atoms with Crippen molar-refractivity contribution in [1.82, 2.24) is 19.5 Å². The average molecular weight is 495 g/mol. The zero-order chi connectivity index (χ0) is 19.4. The van der Waals surface area contributed by atoms with Crippen LogP contribution in [0.2, 0.25) is 0 Å². The summed E-state index contributed by atoms with van der Waals surface area (Å²) in [6.07, 6.45) is -1.75. The van der Waals surface area contributed by atoms with Crippen LogP contribution in [0.5, 0.6) is 0 Å². The Morgan fingerprint density at radius 2 is 2.00 bits per heavy atom. The van der Waals surface area contributed by atoms with Gasteiger partial charge in [-0.3, -0.25) is 4.57 Å². The molecular weight excluding hydrogens is 477 g/mol. The van der Waals surface area contributed by atoms with Crippen molar-refractivity contribution in [3.05, 3.63) is 40.0 Å². The predicted octanol–water partition coefficient (Wildman–Crippen LogP) is 0.737. The Kier molecular flexibility index (Phi) is 4.47. The second-order valence-corrected chi connectivity index (χ2v) is 7.84. The van der Waals surface area contributed by atoms with Crippen LogP contribution in [-0.4, -0.2) is 66.3 Å². The maximum atomic E-state index is 10.4. The number of aliphatic hydroxyl groups is 3. The fourth-order valence-corrected chi connectivity index (χ4v) is 4.69. The van der Waals surface area contributed by atoms with Crippen LogP contribution >= 0.6 is 22.6 Å². The molecule has 0 aliphatic carbocycles. The van der Waals surface area contributed by atoms with Gasteiger partial charge in [-0.25, -0.2) is 15.0 Å². The van der Waals surface area contributed by atoms with Crippen LogP contribution in [0.15, 0.2) is 30.6 Å². The first-order chi connectivity index (χ1) is 13.6. The van der Waals surface area contributed by atoms with Gasteiger partial charge in [-0.2, -0.15) is 0 Å². The molecule has 5 rings (SSSR count). The van der Waals surface area contributed by atoms with E-state index in [-0.39, 0.29) is 6.61 Å². The summed E-state index contributed by atoms with van der Waals surface area (Å²) >= 11 is 2.05. The molecule has 10 heteroatoms. The van der Waals surface area contributed by atoms with Crippen LogP contribution in [0.3, 0.4) is 0 Å². The number of imidazole rings is 1. The van der Waals surface area contributed by atoms with Gasteiger partial charge in [-0.1, -0.05) is 18.2 Å². The molecule has 0 bridgehead atoms. The molecule has 0 unspecified atom stereocenters. The number of nitrogens with zero attached hydrogens (tertiary/aromatic N) is 5. The Bertz CT molecular complexity index is 1040. The molecule has 1 aromatic carbocycles. The summed E-state index contributed by atoms with van der Waals surface area (Å²) < 4.78 is 7.88. The van der Waals surface area contributed by atoms with Crippen LogP contribution in [0.1, 0.15) is 11.8 Å². The molecule has 4 heterocycles. The summed E-state index contributed by atoms with van der Waals surface area (Å²) in [7, 11) is 0. The largest absolute Gasteiger partial charge is 0.394 e. The molecule has 0 radical (unpaired) electrons. The fourth-order valence-electron chi connectivity index (χ4n) is 3.94. The molecule has 1 saturated heterocycles. The molecule has 2 aliphatic rings. The molecule has 3 aromatic rings. The monoisotopic (exact) mass is 495 g/mol. The van der Waals surface area contributed by atoms with Gasteiger partial charge in [0, 0.05) is 34.8 Å². The van der Waals surface area contributed by atoms with E-state index < -0.39 is 24.5 Å². The number of halogens is 1. The number of anilines is 2. The molecule has 28 heavy (non-hydrogen) atoms. The number of ether oxygens (including phenoxy) is 1. The van der Waals surface area contributed by atoms with E-state index >= 15 is 0 Å². The number of benzene rings is 1. The first-order valence-electron chi connectivity index (χ1n) is 8.96. The Morgan fingerprint density at radius 1 is 1.18 bits per heavy atom. The van der Waals surface area contributed by atoms with Gasteiger partial charge in [0.15, 0.2) is 27.0 Å². The normalized spacial score (nSPS) is 26.9. The van der Waals surface area contributed by atoms with Crippen molar-refractivity contribution in [2.45, 2.75) is 31.0 Å². The van der Waals surface area contributed by atoms with E-state index in [1.807, 2.05) is 34.7 Å². The molecule has 0 amide bonds. The minimum Gasteiger partial charge on any atom is -0.394 e. The van der Waals surface area contributed by atoms with E-state index in [4.69, 9.17) is 4.74 Å². The van der Waals surface area contributed by atoms with Gasteiger partial charge in [0.05, 0.1) is 6.61 Å². The van der Waals surface area contributed by atoms with Crippen molar-refractivity contribution >= 4 is 45.3 Å². The molecule has 3 N–H and O–H groups in total. The topological polar surface area (TPSA) is 117 Å². The molecule has 0 spiro atoms. The summed E-state index contributed by atoms with van der Waals surface area (Å²) in [5.74, 6) is 0.693. The number of rotatable bonds is 3. The molecular formula is C18H18IN5O4. The van der Waals surface area contributed by atoms with Crippen LogP contribution in [0.4, 0.5) is 11.5 Å². The molecule has 1 fully saturated rings. The molecule has 2 aromatic heterocycles. The first kappa shape index (κ1) is 18.2. The lowest BCUT2D eigenvalue weighted by molar-refractivity contribution is -0.0522. The van der Waals surface area contributed by atoms with Crippen LogP contribution in [0.25, 0.3) is 11.2 Å². The summed E-state index contributed by atoms with van der Waals surface area (Å²) in [5.41, 5.74) is 3.46. The van der Waals surface area contributed by atoms with Gasteiger partial charge in [0.1, 0.15) is 24.6 Å². The second-order valence-electron chi connectivity index (χ2n) is 6.88. The van der Waals surface area contributed by atoms with E-state index in [1.54, 1.807) is 4.57 Å². The number of aromatic nitrogens is 4. The number of fused-ring (bicyclic) bond motifs is 2. The van der Waals surface area contributed by atoms with Crippen LogP contribution < -0.4 is 4.90 Å². The Balaban J connectivity index is 1.62. The Labute approximate surface area is 173 Å². The number of hydrogen-bond donors (Lipinski definition) is 3. The molecule has 0 saturated carbocycles. The van der Waals surface area contributed by atoms with E-state index in [9.17, 15) is 15.3 Å². The second kappa shape index (κ2) is 6.88. The summed E-state index contributed by atoms with van der Waals surface area (Å²) in [6, 6.07) is 8.19. The lowest BCUT2D eigenvalue weighted by Crippen LogP contribution is -2.33. The lowest BCUT2D eigenvalue weighted by atomic mass is 10.1. The highest BCUT2D eigenvalue weighted by Crippen LogP contribution is 2.38. The van der Waals surface area contributed by atoms with Crippen molar-refractivity contribution in [3.63, 3.8) is 0 Å². The van der Waals surface area contributed by atoms with Gasteiger partial charge in [0.2, 0.25) is 0 Å². The minimum absolute atomic E-state index is 0.386. The third kappa shape index (κ3) is 2.63. The molecule has 2 aliphatic heterocycles. The standard InChI is InChI=1S/C18H18IN5O4/c19-18-22-12-15(23-6-5-9-3-1-2-4-10(9)23)20-8-21-16(12)24(18)17-14(27)13(26)11(7-25)28-17/h1-4,8,11,13-14,17,25-27H,5-7H2/t11-,13-,14-,17-/m1/s1. The smallest absolute Gasteiger partial charge is 0.175 e. The zero-order valence-electron chi connectivity index (χ0n) is 14.7. The highest BCUT2D eigenvalue weighted by molar-refractivity contribution is 14.1. The number of hydrogen-bond acceptors (Lipinski definition) is 8. The molecule has 9 nitrogen and oxygen atoms in total. The lowest BCUT2D eigenvalue weighted by Gasteiger charge is -2.19. The number of para-hydroxylation sites is 1. The van der Waals surface area contributed by atoms with E-state index in [0.717, 1.165) is 18.7 Å². The summed E-state index contributed by atoms with van der Waals surface area (Å²) in [4.78, 5) is 15.6. The van der Waals surface area contributed by atoms with Gasteiger partial charge in [-0.15, -0.1) is 0 Å². The summed E-state index contributed by atoms with van der Waals surface area (Å²) in [6.45, 7) is 0.408. The van der Waals surface area contributed by atoms with Gasteiger partial charge < -0.3 is 25.0 Å². The van der Waals surface area contributed by atoms with Crippen molar-refractivity contribution in [2.75, 3.05) is 18.1 Å². The van der Waals surface area contributed by atoms with Crippen molar-refractivity contribution in [1.29, 1.82) is 0 Å². The quantitative estimate of drug-likeness (QED) is 0.360. The van der Waals surface area contributed by atoms with Crippen molar-refractivity contribution in [2.24, 2.45) is 0 Å². The molecule has 146 valence electrons. The minimum atomic E-state index is -1.20. The van der Waals surface area contributed by atoms with Crippen LogP contribution in [0, 0.1) is 3.83 Å². The fraction of sp³-hybridized carbons (Fsp3) is 0.389. The van der Waals surface area contributed by atoms with E-state index in [1.165, 1.54) is 11.9 Å². The third-order valence-electron chi connectivity index (χ3n) is 5.33. The highest BCUT2D eigenvalue weighted by atomic mass is 127. The first-order valence-corrected chi connectivity index (χ1v) is 10.0. The van der Waals surface area contributed by atoms with E-state index in [0.29, 0.717) is 20.8 Å². The predicted molar refractivity (Wildman–Crippen MR) is 108 cm³/mol. The molecule has 4 atom stereocenters. The maximum absolute atomic E-state index is 10.4. The SMILES string of the molecule is OC[C@H]1O[C@@H](n2c(I)nc3c(N4CCc5ccccc54)ncnc32)[C@H](O)[C@@H]1O. The summed E-state index contributed by atoms with van der Waals surface area (Å²) in [5, 5.41) is 29.9. The van der Waals surface area contributed by atoms with Crippen molar-refractivity contribution < 1.29 is 20.1 Å². The van der Waals surface area contributed by atoms with E-state index in [2.05, 4.69) is 32.0 Å². The Morgan fingerprint density at radius 3 is 2.79 bits per heavy atom. The average Bonchev–Trinajstić information content (AvgIpc) is 3.36. The van der Waals surface area contributed by atoms with Gasteiger partial charge in [-0.05, 0) is 18.1 Å². The number of aliphatic hydroxyl groups excluding tert-OH is 3. The zero-order valence-corrected chi connectivity index (χ0v) is 16.8. The van der Waals surface area contributed by atoms with Crippen molar-refractivity contribution in [3.8, 4) is 0 Å². The third-order valence-corrected chi connectivity index (χ3v) is 6.09. The van der Waals surface area contributed by atoms with Gasteiger partial charge in [0.25, 0.3) is 0 Å². The van der Waals surface area contributed by atoms with Crippen LogP contribution in [-0.2, 0) is 11.2 Å².